The fraction of sp³-hybridized carbons (Fsp3) is 0.371. The fourth-order valence-electron chi connectivity index (χ4n) is 6.77. The zero-order valence-electron chi connectivity index (χ0n) is 27.0. The highest BCUT2D eigenvalue weighted by Crippen LogP contribution is 2.35. The number of carbonyl (C=O) groups is 3. The van der Waals surface area contributed by atoms with Gasteiger partial charge in [-0.25, -0.2) is 9.97 Å². The molecule has 0 bridgehead atoms. The summed E-state index contributed by atoms with van der Waals surface area (Å²) < 4.78 is 14.4. The number of pyridine rings is 3. The molecule has 3 aliphatic rings. The molecule has 1 saturated heterocycles. The number of aromatic nitrogens is 4. The lowest BCUT2D eigenvalue weighted by atomic mass is 9.98. The van der Waals surface area contributed by atoms with E-state index >= 15 is 0 Å². The van der Waals surface area contributed by atoms with Crippen molar-refractivity contribution in [3.63, 3.8) is 0 Å². The van der Waals surface area contributed by atoms with Crippen LogP contribution >= 0.6 is 0 Å². The van der Waals surface area contributed by atoms with E-state index in [-0.39, 0.29) is 29.7 Å². The molecule has 0 unspecified atom stereocenters. The number of ether oxygens (including phenoxy) is 2. The summed E-state index contributed by atoms with van der Waals surface area (Å²) in [4.78, 5) is 64.5. The molecule has 0 spiro atoms. The summed E-state index contributed by atoms with van der Waals surface area (Å²) >= 11 is 0. The standard InChI is InChI=1S/C35H37N7O6/c1-22(43)48-21-27-26(9-10-36-32(27)42-12-11-41-29-6-4-3-5-23(29)18-30(41)35(42)46)25-17-28(34(45)39(2)20-25)38-31-8-7-24(19-37-31)33(44)40-13-15-47-16-14-40/h7-10,17-20H,3-6,11-16,21H2,1-2H3,(H,37,38). The van der Waals surface area contributed by atoms with Crippen LogP contribution in [-0.2, 0) is 47.3 Å². The lowest BCUT2D eigenvalue weighted by Crippen LogP contribution is -2.41. The number of anilines is 3. The van der Waals surface area contributed by atoms with Gasteiger partial charge in [-0.05, 0) is 67.1 Å². The number of fused-ring (bicyclic) bond motifs is 3. The van der Waals surface area contributed by atoms with Gasteiger partial charge >= 0.3 is 5.97 Å². The molecule has 13 nitrogen and oxygen atoms in total. The Bertz CT molecular complexity index is 1960. The minimum absolute atomic E-state index is 0.110. The molecule has 1 aliphatic carbocycles. The molecule has 248 valence electrons. The van der Waals surface area contributed by atoms with Crippen LogP contribution < -0.4 is 15.8 Å². The van der Waals surface area contributed by atoms with E-state index in [0.29, 0.717) is 79.0 Å². The number of hydrogen-bond acceptors (Lipinski definition) is 9. The molecular weight excluding hydrogens is 614 g/mol. The van der Waals surface area contributed by atoms with Crippen molar-refractivity contribution in [3.8, 4) is 11.1 Å². The molecule has 0 saturated carbocycles. The lowest BCUT2D eigenvalue weighted by molar-refractivity contribution is -0.142. The van der Waals surface area contributed by atoms with Gasteiger partial charge < -0.3 is 28.8 Å². The Morgan fingerprint density at radius 3 is 2.58 bits per heavy atom. The number of nitrogens with zero attached hydrogens (tertiary/aromatic N) is 6. The molecule has 0 atom stereocenters. The van der Waals surface area contributed by atoms with Gasteiger partial charge in [-0.3, -0.25) is 24.1 Å². The summed E-state index contributed by atoms with van der Waals surface area (Å²) in [6, 6.07) is 8.83. The van der Waals surface area contributed by atoms with Crippen LogP contribution in [0.4, 0.5) is 17.3 Å². The SMILES string of the molecule is CC(=O)OCc1c(-c2cc(Nc3ccc(C(=O)N4CCOCC4)cn3)c(=O)n(C)c2)ccnc1N1CCn2c(cc3c2CCCC3)C1=O. The third-order valence-corrected chi connectivity index (χ3v) is 9.19. The van der Waals surface area contributed by atoms with Gasteiger partial charge in [0.15, 0.2) is 0 Å². The fourth-order valence-corrected chi connectivity index (χ4v) is 6.77. The first kappa shape index (κ1) is 31.3. The van der Waals surface area contributed by atoms with Crippen LogP contribution in [0.2, 0.25) is 0 Å². The van der Waals surface area contributed by atoms with Crippen LogP contribution in [0.5, 0.6) is 0 Å². The third-order valence-electron chi connectivity index (χ3n) is 9.19. The summed E-state index contributed by atoms with van der Waals surface area (Å²) in [6.07, 6.45) is 9.00. The summed E-state index contributed by atoms with van der Waals surface area (Å²) in [5.41, 5.74) is 5.42. The first-order valence-electron chi connectivity index (χ1n) is 16.2. The Morgan fingerprint density at radius 2 is 1.81 bits per heavy atom. The molecule has 0 aromatic carbocycles. The first-order chi connectivity index (χ1) is 23.3. The zero-order valence-corrected chi connectivity index (χ0v) is 27.0. The molecule has 6 heterocycles. The molecule has 13 heteroatoms. The quantitative estimate of drug-likeness (QED) is 0.298. The van der Waals surface area contributed by atoms with E-state index in [9.17, 15) is 19.2 Å². The maximum atomic E-state index is 14.0. The van der Waals surface area contributed by atoms with Crippen LogP contribution in [0.1, 0.15) is 57.4 Å². The number of hydrogen-bond donors (Lipinski definition) is 1. The van der Waals surface area contributed by atoms with E-state index in [1.54, 1.807) is 53.5 Å². The molecule has 4 aromatic heterocycles. The molecular formula is C35H37N7O6. The van der Waals surface area contributed by atoms with Gasteiger partial charge in [0.25, 0.3) is 17.4 Å². The second-order valence-electron chi connectivity index (χ2n) is 12.3. The van der Waals surface area contributed by atoms with Gasteiger partial charge in [0.1, 0.15) is 29.6 Å². The Kier molecular flexibility index (Phi) is 8.52. The van der Waals surface area contributed by atoms with E-state index in [1.807, 2.05) is 6.07 Å². The molecule has 0 radical (unpaired) electrons. The second-order valence-corrected chi connectivity index (χ2v) is 12.3. The van der Waals surface area contributed by atoms with Gasteiger partial charge in [-0.1, -0.05) is 0 Å². The molecule has 1 N–H and O–H groups in total. The van der Waals surface area contributed by atoms with Crippen LogP contribution in [0.25, 0.3) is 11.1 Å². The van der Waals surface area contributed by atoms with E-state index in [4.69, 9.17) is 9.47 Å². The number of morpholine rings is 1. The maximum absolute atomic E-state index is 14.0. The monoisotopic (exact) mass is 651 g/mol. The van der Waals surface area contributed by atoms with Crippen molar-refractivity contribution in [2.24, 2.45) is 7.05 Å². The average molecular weight is 652 g/mol. The van der Waals surface area contributed by atoms with E-state index in [1.165, 1.54) is 28.9 Å². The third kappa shape index (κ3) is 5.97. The van der Waals surface area contributed by atoms with Crippen molar-refractivity contribution in [3.05, 3.63) is 87.4 Å². The van der Waals surface area contributed by atoms with Crippen molar-refractivity contribution in [2.75, 3.05) is 43.1 Å². The Morgan fingerprint density at radius 1 is 1.00 bits per heavy atom. The number of esters is 1. The van der Waals surface area contributed by atoms with E-state index in [0.717, 1.165) is 25.7 Å². The number of rotatable bonds is 7. The molecule has 48 heavy (non-hydrogen) atoms. The number of amides is 2. The summed E-state index contributed by atoms with van der Waals surface area (Å²) in [6.45, 7) is 4.35. The second kappa shape index (κ2) is 13.1. The van der Waals surface area contributed by atoms with Gasteiger partial charge in [0, 0.05) is 75.6 Å². The van der Waals surface area contributed by atoms with Crippen molar-refractivity contribution in [1.82, 2.24) is 24.0 Å². The van der Waals surface area contributed by atoms with Gasteiger partial charge in [0.05, 0.1) is 18.8 Å². The lowest BCUT2D eigenvalue weighted by Gasteiger charge is -2.31. The van der Waals surface area contributed by atoms with Crippen molar-refractivity contribution >= 4 is 35.1 Å². The molecule has 7 rings (SSSR count). The highest BCUT2D eigenvalue weighted by Gasteiger charge is 2.33. The highest BCUT2D eigenvalue weighted by atomic mass is 16.5. The number of aryl methyl sites for hydroxylation is 2. The minimum atomic E-state index is -0.466. The van der Waals surface area contributed by atoms with Crippen molar-refractivity contribution < 1.29 is 23.9 Å². The van der Waals surface area contributed by atoms with Crippen LogP contribution in [0.3, 0.4) is 0 Å². The minimum Gasteiger partial charge on any atom is -0.461 e. The summed E-state index contributed by atoms with van der Waals surface area (Å²) in [5.74, 6) is 0.0715. The van der Waals surface area contributed by atoms with Crippen LogP contribution in [-0.4, -0.2) is 74.6 Å². The maximum Gasteiger partial charge on any atom is 0.302 e. The van der Waals surface area contributed by atoms with E-state index < -0.39 is 5.97 Å². The van der Waals surface area contributed by atoms with Crippen LogP contribution in [0.15, 0.2) is 53.7 Å². The molecule has 2 aliphatic heterocycles. The highest BCUT2D eigenvalue weighted by molar-refractivity contribution is 6.06. The molecule has 4 aromatic rings. The first-order valence-corrected chi connectivity index (χ1v) is 16.2. The average Bonchev–Trinajstić information content (AvgIpc) is 3.49. The van der Waals surface area contributed by atoms with Gasteiger partial charge in [-0.15, -0.1) is 0 Å². The van der Waals surface area contributed by atoms with Gasteiger partial charge in [0.2, 0.25) is 0 Å². The topological polar surface area (TPSA) is 141 Å². The van der Waals surface area contributed by atoms with E-state index in [2.05, 4.69) is 19.9 Å². The summed E-state index contributed by atoms with van der Waals surface area (Å²) in [5, 5.41) is 3.10. The van der Waals surface area contributed by atoms with Crippen molar-refractivity contribution in [1.29, 1.82) is 0 Å². The summed E-state index contributed by atoms with van der Waals surface area (Å²) in [7, 11) is 1.65. The Hall–Kier alpha value is -5.30. The number of nitrogens with one attached hydrogen (secondary N) is 1. The molecule has 1 fully saturated rings. The van der Waals surface area contributed by atoms with Crippen LogP contribution in [0, 0.1) is 0 Å². The normalized spacial score (nSPS) is 15.9. The van der Waals surface area contributed by atoms with Gasteiger partial charge in [-0.2, -0.15) is 0 Å². The number of carbonyl (C=O) groups excluding carboxylic acids is 3. The smallest absolute Gasteiger partial charge is 0.302 e. The Balaban J connectivity index is 1.21. The Labute approximate surface area is 277 Å². The molecule has 2 amide bonds. The predicted octanol–water partition coefficient (Wildman–Crippen LogP) is 3.46. The largest absolute Gasteiger partial charge is 0.461 e. The zero-order chi connectivity index (χ0) is 33.4. The van der Waals surface area contributed by atoms with Crippen molar-refractivity contribution in [2.45, 2.75) is 45.8 Å². The predicted molar refractivity (Wildman–Crippen MR) is 177 cm³/mol.